The lowest BCUT2D eigenvalue weighted by atomic mass is 9.89. The van der Waals surface area contributed by atoms with Crippen LogP contribution in [0.25, 0.3) is 0 Å². The second-order valence-electron chi connectivity index (χ2n) is 5.32. The first-order chi connectivity index (χ1) is 9.15. The van der Waals surface area contributed by atoms with Crippen molar-refractivity contribution in [3.05, 3.63) is 64.7 Å². The Labute approximate surface area is 118 Å². The maximum atomic E-state index is 10.7. The quantitative estimate of drug-likeness (QED) is 0.881. The average molecular weight is 270 g/mol. The third-order valence-corrected chi connectivity index (χ3v) is 4.91. The highest BCUT2D eigenvalue weighted by molar-refractivity contribution is 7.99. The highest BCUT2D eigenvalue weighted by Gasteiger charge is 2.30. The van der Waals surface area contributed by atoms with Crippen molar-refractivity contribution in [3.63, 3.8) is 0 Å². The molecule has 0 aliphatic carbocycles. The van der Waals surface area contributed by atoms with Gasteiger partial charge in [0.05, 0.1) is 6.10 Å². The smallest absolute Gasteiger partial charge is 0.0867 e. The van der Waals surface area contributed by atoms with E-state index in [2.05, 4.69) is 56.3 Å². The molecule has 0 bridgehead atoms. The van der Waals surface area contributed by atoms with Crippen molar-refractivity contribution in [1.82, 2.24) is 0 Å². The van der Waals surface area contributed by atoms with Crippen LogP contribution in [-0.4, -0.2) is 10.9 Å². The zero-order valence-corrected chi connectivity index (χ0v) is 12.1. The summed E-state index contributed by atoms with van der Waals surface area (Å²) in [6.07, 6.45) is -0.408. The second kappa shape index (κ2) is 5.03. The summed E-state index contributed by atoms with van der Waals surface area (Å²) in [5.41, 5.74) is 4.76. The fourth-order valence-corrected chi connectivity index (χ4v) is 4.14. The lowest BCUT2D eigenvalue weighted by Crippen LogP contribution is -2.10. The van der Waals surface area contributed by atoms with Gasteiger partial charge in [-0.05, 0) is 31.0 Å². The van der Waals surface area contributed by atoms with Crippen LogP contribution in [0.5, 0.6) is 0 Å². The molecule has 2 aromatic rings. The van der Waals surface area contributed by atoms with Crippen molar-refractivity contribution in [2.75, 3.05) is 5.75 Å². The van der Waals surface area contributed by atoms with E-state index in [1.165, 1.54) is 21.6 Å². The lowest BCUT2D eigenvalue weighted by molar-refractivity contribution is 0.153. The molecular weight excluding hydrogens is 252 g/mol. The number of thioether (sulfide) groups is 1. The summed E-state index contributed by atoms with van der Waals surface area (Å²) >= 11 is 1.85. The van der Waals surface area contributed by atoms with Gasteiger partial charge in [0.15, 0.2) is 0 Å². The molecule has 0 amide bonds. The van der Waals surface area contributed by atoms with Gasteiger partial charge in [0, 0.05) is 16.6 Å². The minimum Gasteiger partial charge on any atom is -0.388 e. The van der Waals surface area contributed by atoms with Gasteiger partial charge >= 0.3 is 0 Å². The first-order valence-electron chi connectivity index (χ1n) is 6.63. The lowest BCUT2D eigenvalue weighted by Gasteiger charge is -2.20. The molecule has 1 aliphatic rings. The molecule has 0 saturated heterocycles. The van der Waals surface area contributed by atoms with Gasteiger partial charge < -0.3 is 5.11 Å². The minimum atomic E-state index is -0.408. The van der Waals surface area contributed by atoms with Gasteiger partial charge in [-0.2, -0.15) is 0 Å². The number of rotatable bonds is 2. The topological polar surface area (TPSA) is 20.2 Å². The molecule has 0 aromatic heterocycles. The Balaban J connectivity index is 1.95. The van der Waals surface area contributed by atoms with E-state index in [0.29, 0.717) is 0 Å². The fraction of sp³-hybridized carbons (Fsp3) is 0.294. The molecule has 1 aliphatic heterocycles. The number of hydrogen-bond acceptors (Lipinski definition) is 2. The van der Waals surface area contributed by atoms with E-state index in [1.807, 2.05) is 11.8 Å². The molecular formula is C17H18OS. The van der Waals surface area contributed by atoms with E-state index in [-0.39, 0.29) is 5.92 Å². The molecule has 3 rings (SSSR count). The first kappa shape index (κ1) is 12.8. The van der Waals surface area contributed by atoms with Crippen LogP contribution < -0.4 is 0 Å². The maximum Gasteiger partial charge on any atom is 0.0867 e. The molecule has 98 valence electrons. The molecule has 2 unspecified atom stereocenters. The van der Waals surface area contributed by atoms with Gasteiger partial charge in [0.2, 0.25) is 0 Å². The van der Waals surface area contributed by atoms with Gasteiger partial charge in [-0.1, -0.05) is 47.5 Å². The Morgan fingerprint density at radius 2 is 1.79 bits per heavy atom. The van der Waals surface area contributed by atoms with Crippen LogP contribution >= 0.6 is 11.8 Å². The fourth-order valence-electron chi connectivity index (χ4n) is 2.86. The molecule has 0 saturated carbocycles. The number of hydrogen-bond donors (Lipinski definition) is 1. The van der Waals surface area contributed by atoms with Crippen LogP contribution in [0.3, 0.4) is 0 Å². The number of benzene rings is 2. The molecule has 19 heavy (non-hydrogen) atoms. The molecule has 2 aromatic carbocycles. The molecule has 1 nitrogen and oxygen atoms in total. The largest absolute Gasteiger partial charge is 0.388 e. The van der Waals surface area contributed by atoms with Gasteiger partial charge in [-0.15, -0.1) is 11.8 Å². The van der Waals surface area contributed by atoms with E-state index in [4.69, 9.17) is 0 Å². The zero-order valence-electron chi connectivity index (χ0n) is 11.3. The molecule has 2 heteroatoms. The van der Waals surface area contributed by atoms with Crippen molar-refractivity contribution >= 4 is 11.8 Å². The van der Waals surface area contributed by atoms with Gasteiger partial charge in [0.25, 0.3) is 0 Å². The SMILES string of the molecule is Cc1cc(C)cc(C(O)C2CSc3ccccc32)c1. The van der Waals surface area contributed by atoms with Crippen molar-refractivity contribution in [2.45, 2.75) is 30.8 Å². The van der Waals surface area contributed by atoms with E-state index in [9.17, 15) is 5.11 Å². The van der Waals surface area contributed by atoms with E-state index < -0.39 is 6.10 Å². The van der Waals surface area contributed by atoms with Crippen LogP contribution in [0.4, 0.5) is 0 Å². The summed E-state index contributed by atoms with van der Waals surface area (Å²) in [6, 6.07) is 14.8. The number of fused-ring (bicyclic) bond motifs is 1. The number of aliphatic hydroxyl groups is 1. The van der Waals surface area contributed by atoms with Gasteiger partial charge in [-0.3, -0.25) is 0 Å². The third-order valence-electron chi connectivity index (χ3n) is 3.70. The number of aryl methyl sites for hydroxylation is 2. The molecule has 0 radical (unpaired) electrons. The number of aliphatic hydroxyl groups excluding tert-OH is 1. The van der Waals surface area contributed by atoms with Gasteiger partial charge in [0.1, 0.15) is 0 Å². The molecule has 0 fully saturated rings. The van der Waals surface area contributed by atoms with Gasteiger partial charge in [-0.25, -0.2) is 0 Å². The summed E-state index contributed by atoms with van der Waals surface area (Å²) in [6.45, 7) is 4.17. The Morgan fingerprint density at radius 1 is 1.11 bits per heavy atom. The standard InChI is InChI=1S/C17H18OS/c1-11-7-12(2)9-13(8-11)17(18)15-10-19-16-6-4-3-5-14(15)16/h3-9,15,17-18H,10H2,1-2H3. The first-order valence-corrected chi connectivity index (χ1v) is 7.61. The van der Waals surface area contributed by atoms with Crippen molar-refractivity contribution in [3.8, 4) is 0 Å². The Kier molecular flexibility index (Phi) is 3.38. The molecule has 1 heterocycles. The highest BCUT2D eigenvalue weighted by Crippen LogP contribution is 2.45. The summed E-state index contributed by atoms with van der Waals surface area (Å²) in [5.74, 6) is 1.18. The normalized spacial score (nSPS) is 19.2. The van der Waals surface area contributed by atoms with Crippen molar-refractivity contribution in [1.29, 1.82) is 0 Å². The third kappa shape index (κ3) is 2.43. The molecule has 2 atom stereocenters. The monoisotopic (exact) mass is 270 g/mol. The van der Waals surface area contributed by atoms with E-state index in [0.717, 1.165) is 11.3 Å². The Morgan fingerprint density at radius 3 is 2.53 bits per heavy atom. The van der Waals surface area contributed by atoms with Crippen molar-refractivity contribution < 1.29 is 5.11 Å². The zero-order chi connectivity index (χ0) is 13.4. The van der Waals surface area contributed by atoms with E-state index >= 15 is 0 Å². The van der Waals surface area contributed by atoms with Crippen LogP contribution in [0.15, 0.2) is 47.4 Å². The summed E-state index contributed by atoms with van der Waals surface area (Å²) in [7, 11) is 0. The second-order valence-corrected chi connectivity index (χ2v) is 6.38. The molecule has 0 spiro atoms. The van der Waals surface area contributed by atoms with Crippen LogP contribution in [-0.2, 0) is 0 Å². The van der Waals surface area contributed by atoms with Crippen LogP contribution in [0.1, 0.15) is 34.3 Å². The average Bonchev–Trinajstić information content (AvgIpc) is 2.80. The summed E-state index contributed by atoms with van der Waals surface area (Å²) < 4.78 is 0. The van der Waals surface area contributed by atoms with Crippen molar-refractivity contribution in [2.24, 2.45) is 0 Å². The summed E-state index contributed by atoms with van der Waals surface area (Å²) in [5, 5.41) is 10.7. The Hall–Kier alpha value is -1.25. The minimum absolute atomic E-state index is 0.211. The predicted molar refractivity (Wildman–Crippen MR) is 80.8 cm³/mol. The predicted octanol–water partition coefficient (Wildman–Crippen LogP) is 4.23. The highest BCUT2D eigenvalue weighted by atomic mass is 32.2. The van der Waals surface area contributed by atoms with Crippen LogP contribution in [0.2, 0.25) is 0 Å². The maximum absolute atomic E-state index is 10.7. The Bertz CT molecular complexity index is 586. The van der Waals surface area contributed by atoms with E-state index in [1.54, 1.807) is 0 Å². The summed E-state index contributed by atoms with van der Waals surface area (Å²) in [4.78, 5) is 1.32. The van der Waals surface area contributed by atoms with Crippen LogP contribution in [0, 0.1) is 13.8 Å². The molecule has 1 N–H and O–H groups in total.